The first-order chi connectivity index (χ1) is 9.99. The van der Waals surface area contributed by atoms with Crippen molar-refractivity contribution >= 4 is 5.69 Å². The number of nitro groups is 1. The second-order valence-corrected chi connectivity index (χ2v) is 5.34. The first-order valence-corrected chi connectivity index (χ1v) is 6.99. The summed E-state index contributed by atoms with van der Waals surface area (Å²) >= 11 is 0. The van der Waals surface area contributed by atoms with Crippen LogP contribution in [0.1, 0.15) is 27.8 Å². The van der Waals surface area contributed by atoms with Gasteiger partial charge < -0.3 is 5.32 Å². The first-order valence-electron chi connectivity index (χ1n) is 6.99. The lowest BCUT2D eigenvalue weighted by Gasteiger charge is -2.09. The van der Waals surface area contributed by atoms with Crippen LogP contribution in [0, 0.1) is 30.9 Å². The van der Waals surface area contributed by atoms with Crippen molar-refractivity contribution < 1.29 is 4.92 Å². The summed E-state index contributed by atoms with van der Waals surface area (Å²) in [6.07, 6.45) is 0. The molecule has 0 aliphatic carbocycles. The molecule has 0 aliphatic heterocycles. The van der Waals surface area contributed by atoms with Gasteiger partial charge in [-0.25, -0.2) is 0 Å². The molecule has 110 valence electrons. The number of nitrogens with zero attached hydrogens (tertiary/aromatic N) is 1. The van der Waals surface area contributed by atoms with Crippen molar-refractivity contribution in [2.75, 3.05) is 0 Å². The monoisotopic (exact) mass is 284 g/mol. The molecule has 0 amide bonds. The molecule has 0 atom stereocenters. The van der Waals surface area contributed by atoms with Gasteiger partial charge in [0.05, 0.1) is 4.92 Å². The quantitative estimate of drug-likeness (QED) is 0.671. The maximum absolute atomic E-state index is 10.9. The summed E-state index contributed by atoms with van der Waals surface area (Å²) in [4.78, 5) is 10.6. The second-order valence-electron chi connectivity index (χ2n) is 5.34. The molecule has 0 saturated heterocycles. The van der Waals surface area contributed by atoms with Gasteiger partial charge in [0.25, 0.3) is 5.69 Å². The van der Waals surface area contributed by atoms with Gasteiger partial charge in [0.2, 0.25) is 0 Å². The summed E-state index contributed by atoms with van der Waals surface area (Å²) in [6, 6.07) is 11.6. The minimum Gasteiger partial charge on any atom is -0.309 e. The van der Waals surface area contributed by atoms with Crippen LogP contribution in [0.4, 0.5) is 5.69 Å². The predicted molar refractivity (Wildman–Crippen MR) is 84.3 cm³/mol. The molecule has 4 heteroatoms. The molecule has 0 aliphatic rings. The van der Waals surface area contributed by atoms with E-state index in [1.165, 1.54) is 16.7 Å². The normalized spacial score (nSPS) is 10.6. The molecule has 0 saturated carbocycles. The van der Waals surface area contributed by atoms with Gasteiger partial charge in [0, 0.05) is 24.7 Å². The Bertz CT molecular complexity index is 666. The molecule has 0 bridgehead atoms. The summed E-state index contributed by atoms with van der Waals surface area (Å²) in [5.41, 5.74) is 5.67. The summed E-state index contributed by atoms with van der Waals surface area (Å²) in [5.74, 6) is 0. The highest BCUT2D eigenvalue weighted by atomic mass is 16.6. The third-order valence-electron chi connectivity index (χ3n) is 3.83. The van der Waals surface area contributed by atoms with E-state index in [1.807, 2.05) is 6.07 Å². The fourth-order valence-electron chi connectivity index (χ4n) is 2.31. The highest BCUT2D eigenvalue weighted by Gasteiger charge is 2.12. The summed E-state index contributed by atoms with van der Waals surface area (Å²) in [5, 5.41) is 14.3. The summed E-state index contributed by atoms with van der Waals surface area (Å²) in [6.45, 7) is 7.37. The van der Waals surface area contributed by atoms with Crippen molar-refractivity contribution in [3.05, 3.63) is 74.3 Å². The van der Waals surface area contributed by atoms with E-state index < -0.39 is 0 Å². The second kappa shape index (κ2) is 6.50. The van der Waals surface area contributed by atoms with Gasteiger partial charge in [-0.3, -0.25) is 10.1 Å². The number of nitrogens with one attached hydrogen (secondary N) is 1. The highest BCUT2D eigenvalue weighted by Crippen LogP contribution is 2.21. The van der Waals surface area contributed by atoms with Crippen LogP contribution in [0.5, 0.6) is 0 Å². The minimum atomic E-state index is -0.331. The van der Waals surface area contributed by atoms with Gasteiger partial charge in [-0.1, -0.05) is 30.3 Å². The Kier molecular flexibility index (Phi) is 4.70. The summed E-state index contributed by atoms with van der Waals surface area (Å²) in [7, 11) is 0. The predicted octanol–water partition coefficient (Wildman–Crippen LogP) is 3.81. The first kappa shape index (κ1) is 15.2. The highest BCUT2D eigenvalue weighted by molar-refractivity contribution is 5.44. The number of benzene rings is 2. The van der Waals surface area contributed by atoms with Gasteiger partial charge in [-0.15, -0.1) is 0 Å². The molecule has 4 nitrogen and oxygen atoms in total. The molecule has 0 heterocycles. The van der Waals surface area contributed by atoms with Crippen LogP contribution in [0.15, 0.2) is 36.4 Å². The van der Waals surface area contributed by atoms with Crippen LogP contribution < -0.4 is 5.32 Å². The largest absolute Gasteiger partial charge is 0.309 e. The molecule has 0 aromatic heterocycles. The number of aryl methyl sites for hydroxylation is 2. The number of hydrogen-bond donors (Lipinski definition) is 1. The Balaban J connectivity index is 2.02. The molecule has 0 fully saturated rings. The maximum Gasteiger partial charge on any atom is 0.272 e. The molecule has 2 rings (SSSR count). The molecule has 2 aromatic carbocycles. The lowest BCUT2D eigenvalue weighted by Crippen LogP contribution is -2.14. The average Bonchev–Trinajstić information content (AvgIpc) is 2.44. The van der Waals surface area contributed by atoms with E-state index in [1.54, 1.807) is 19.1 Å². The van der Waals surface area contributed by atoms with Gasteiger partial charge in [-0.05, 0) is 43.0 Å². The Labute approximate surface area is 125 Å². The fraction of sp³-hybridized carbons (Fsp3) is 0.294. The third kappa shape index (κ3) is 3.67. The van der Waals surface area contributed by atoms with E-state index in [-0.39, 0.29) is 10.6 Å². The average molecular weight is 284 g/mol. The Morgan fingerprint density at radius 3 is 2.48 bits per heavy atom. The zero-order valence-electron chi connectivity index (χ0n) is 12.6. The zero-order chi connectivity index (χ0) is 15.4. The van der Waals surface area contributed by atoms with Crippen molar-refractivity contribution in [1.82, 2.24) is 5.32 Å². The fourth-order valence-corrected chi connectivity index (χ4v) is 2.31. The van der Waals surface area contributed by atoms with Crippen LogP contribution in [0.3, 0.4) is 0 Å². The van der Waals surface area contributed by atoms with Crippen molar-refractivity contribution in [3.8, 4) is 0 Å². The van der Waals surface area contributed by atoms with Crippen molar-refractivity contribution in [1.29, 1.82) is 0 Å². The Hall–Kier alpha value is -2.20. The van der Waals surface area contributed by atoms with Gasteiger partial charge in [-0.2, -0.15) is 0 Å². The Morgan fingerprint density at radius 1 is 1.05 bits per heavy atom. The van der Waals surface area contributed by atoms with E-state index in [2.05, 4.69) is 37.4 Å². The maximum atomic E-state index is 10.9. The zero-order valence-corrected chi connectivity index (χ0v) is 12.6. The van der Waals surface area contributed by atoms with Crippen LogP contribution >= 0.6 is 0 Å². The van der Waals surface area contributed by atoms with Crippen molar-refractivity contribution in [2.24, 2.45) is 0 Å². The molecule has 21 heavy (non-hydrogen) atoms. The summed E-state index contributed by atoms with van der Waals surface area (Å²) < 4.78 is 0. The van der Waals surface area contributed by atoms with E-state index >= 15 is 0 Å². The minimum absolute atomic E-state index is 0.181. The molecular formula is C17H20N2O2. The number of rotatable bonds is 5. The van der Waals surface area contributed by atoms with Crippen molar-refractivity contribution in [2.45, 2.75) is 33.9 Å². The van der Waals surface area contributed by atoms with E-state index in [4.69, 9.17) is 0 Å². The van der Waals surface area contributed by atoms with E-state index in [9.17, 15) is 10.1 Å². The molecule has 0 unspecified atom stereocenters. The number of hydrogen-bond acceptors (Lipinski definition) is 3. The molecule has 2 aromatic rings. The van der Waals surface area contributed by atoms with Crippen LogP contribution in [0.25, 0.3) is 0 Å². The van der Waals surface area contributed by atoms with Crippen LogP contribution in [-0.4, -0.2) is 4.92 Å². The van der Waals surface area contributed by atoms with E-state index in [0.717, 1.165) is 17.7 Å². The number of nitro benzene ring substituents is 1. The Morgan fingerprint density at radius 2 is 1.81 bits per heavy atom. The topological polar surface area (TPSA) is 55.2 Å². The van der Waals surface area contributed by atoms with Gasteiger partial charge in [0.1, 0.15) is 0 Å². The van der Waals surface area contributed by atoms with Gasteiger partial charge >= 0.3 is 0 Å². The molecule has 1 N–H and O–H groups in total. The van der Waals surface area contributed by atoms with Gasteiger partial charge in [0.15, 0.2) is 0 Å². The van der Waals surface area contributed by atoms with E-state index in [0.29, 0.717) is 6.54 Å². The van der Waals surface area contributed by atoms with Crippen LogP contribution in [-0.2, 0) is 13.1 Å². The lowest BCUT2D eigenvalue weighted by atomic mass is 10.1. The molecule has 0 radical (unpaired) electrons. The molecule has 0 spiro atoms. The van der Waals surface area contributed by atoms with Crippen molar-refractivity contribution in [3.63, 3.8) is 0 Å². The SMILES string of the molecule is Cc1ccc(CNCc2cccc([N+](=O)[O-])c2C)cc1C. The smallest absolute Gasteiger partial charge is 0.272 e. The standard InChI is InChI=1S/C17H20N2O2/c1-12-7-8-15(9-13(12)2)10-18-11-16-5-4-6-17(14(16)3)19(20)21/h4-9,18H,10-11H2,1-3H3. The lowest BCUT2D eigenvalue weighted by molar-refractivity contribution is -0.385. The van der Waals surface area contributed by atoms with Crippen LogP contribution in [0.2, 0.25) is 0 Å². The third-order valence-corrected chi connectivity index (χ3v) is 3.83. The molecular weight excluding hydrogens is 264 g/mol.